The maximum Gasteiger partial charge on any atom is 0.243 e. The van der Waals surface area contributed by atoms with Crippen LogP contribution in [-0.2, 0) is 16.6 Å². The topological polar surface area (TPSA) is 63.4 Å². The number of nitrogens with zero attached hydrogens (tertiary/aromatic N) is 1. The average Bonchev–Trinajstić information content (AvgIpc) is 2.94. The van der Waals surface area contributed by atoms with Gasteiger partial charge in [-0.15, -0.1) is 0 Å². The van der Waals surface area contributed by atoms with Crippen molar-refractivity contribution in [3.05, 3.63) is 29.1 Å². The van der Waals surface area contributed by atoms with E-state index >= 15 is 0 Å². The van der Waals surface area contributed by atoms with E-state index < -0.39 is 15.8 Å². The first-order valence-electron chi connectivity index (χ1n) is 6.42. The molecule has 0 saturated carbocycles. The van der Waals surface area contributed by atoms with Crippen molar-refractivity contribution in [2.24, 2.45) is 5.73 Å². The van der Waals surface area contributed by atoms with Gasteiger partial charge in [0.1, 0.15) is 5.82 Å². The van der Waals surface area contributed by atoms with Crippen LogP contribution in [0.1, 0.15) is 17.5 Å². The number of halogens is 1. The monoisotopic (exact) mass is 318 g/mol. The van der Waals surface area contributed by atoms with E-state index in [4.69, 9.17) is 5.73 Å². The average molecular weight is 318 g/mol. The largest absolute Gasteiger partial charge is 0.326 e. The summed E-state index contributed by atoms with van der Waals surface area (Å²) in [6, 6.07) is 2.75. The zero-order valence-corrected chi connectivity index (χ0v) is 13.2. The van der Waals surface area contributed by atoms with Crippen LogP contribution < -0.4 is 5.73 Å². The molecule has 2 N–H and O–H groups in total. The number of sulfonamides is 1. The van der Waals surface area contributed by atoms with Gasteiger partial charge in [0.25, 0.3) is 0 Å². The zero-order chi connectivity index (χ0) is 14.9. The third kappa shape index (κ3) is 2.86. The van der Waals surface area contributed by atoms with Gasteiger partial charge in [0.15, 0.2) is 0 Å². The number of hydrogen-bond donors (Lipinski definition) is 1. The molecule has 1 heterocycles. The quantitative estimate of drug-likeness (QED) is 0.918. The van der Waals surface area contributed by atoms with Crippen LogP contribution in [-0.4, -0.2) is 37.3 Å². The summed E-state index contributed by atoms with van der Waals surface area (Å²) in [5.74, 6) is 1.22. The summed E-state index contributed by atoms with van der Waals surface area (Å²) in [5.41, 5.74) is 6.14. The summed E-state index contributed by atoms with van der Waals surface area (Å²) in [7, 11) is -2.12. The van der Waals surface area contributed by atoms with Crippen molar-refractivity contribution in [3.63, 3.8) is 0 Å². The molecular weight excluding hydrogens is 299 g/mol. The number of hydrogen-bond acceptors (Lipinski definition) is 4. The first kappa shape index (κ1) is 15.8. The van der Waals surface area contributed by atoms with E-state index in [9.17, 15) is 12.8 Å². The predicted octanol–water partition coefficient (Wildman–Crippen LogP) is 1.72. The maximum atomic E-state index is 13.9. The molecule has 1 aliphatic heterocycles. The lowest BCUT2D eigenvalue weighted by Gasteiger charge is -2.24. The van der Waals surface area contributed by atoms with Crippen LogP contribution in [0.15, 0.2) is 17.0 Å². The van der Waals surface area contributed by atoms with Gasteiger partial charge in [0, 0.05) is 31.0 Å². The molecule has 1 fully saturated rings. The van der Waals surface area contributed by atoms with Gasteiger partial charge in [0.2, 0.25) is 10.0 Å². The lowest BCUT2D eigenvalue weighted by Crippen LogP contribution is -2.37. The number of nitrogens with two attached hydrogens (primary N) is 1. The Hall–Kier alpha value is -0.630. The van der Waals surface area contributed by atoms with Gasteiger partial charge >= 0.3 is 0 Å². The first-order chi connectivity index (χ1) is 9.37. The Kier molecular flexibility index (Phi) is 4.73. The molecule has 0 aromatic heterocycles. The fraction of sp³-hybridized carbons (Fsp3) is 0.538. The molecule has 20 heavy (non-hydrogen) atoms. The third-order valence-electron chi connectivity index (χ3n) is 3.67. The van der Waals surface area contributed by atoms with Gasteiger partial charge in [-0.1, -0.05) is 0 Å². The van der Waals surface area contributed by atoms with Crippen molar-refractivity contribution in [3.8, 4) is 0 Å². The van der Waals surface area contributed by atoms with Gasteiger partial charge in [-0.25, -0.2) is 12.8 Å². The number of benzene rings is 1. The molecule has 0 radical (unpaired) electrons. The molecule has 0 aliphatic carbocycles. The fourth-order valence-corrected chi connectivity index (χ4v) is 5.28. The van der Waals surface area contributed by atoms with Crippen molar-refractivity contribution in [2.45, 2.75) is 30.8 Å². The Morgan fingerprint density at radius 2 is 2.20 bits per heavy atom. The molecule has 7 heteroatoms. The van der Waals surface area contributed by atoms with Crippen LogP contribution in [0.2, 0.25) is 0 Å². The summed E-state index contributed by atoms with van der Waals surface area (Å²) < 4.78 is 40.6. The van der Waals surface area contributed by atoms with E-state index in [0.29, 0.717) is 5.56 Å². The standard InChI is InChI=1S/C13H19FN2O2S2/c1-9-12(14)5-10(7-15)6-13(9)20(17,18)16(2)11-3-4-19-8-11/h5-6,11H,3-4,7-8,15H2,1-2H3. The van der Waals surface area contributed by atoms with Crippen LogP contribution in [0.3, 0.4) is 0 Å². The SMILES string of the molecule is Cc1c(F)cc(CN)cc1S(=O)(=O)N(C)C1CCSC1. The summed E-state index contributed by atoms with van der Waals surface area (Å²) >= 11 is 1.74. The molecule has 1 aliphatic rings. The smallest absolute Gasteiger partial charge is 0.243 e. The minimum Gasteiger partial charge on any atom is -0.326 e. The highest BCUT2D eigenvalue weighted by Gasteiger charge is 2.32. The lowest BCUT2D eigenvalue weighted by molar-refractivity contribution is 0.394. The highest BCUT2D eigenvalue weighted by Crippen LogP contribution is 2.29. The van der Waals surface area contributed by atoms with E-state index in [2.05, 4.69) is 0 Å². The fourth-order valence-electron chi connectivity index (χ4n) is 2.25. The van der Waals surface area contributed by atoms with Gasteiger partial charge in [-0.05, 0) is 36.8 Å². The van der Waals surface area contributed by atoms with E-state index in [0.717, 1.165) is 17.9 Å². The highest BCUT2D eigenvalue weighted by molar-refractivity contribution is 7.99. The second-order valence-corrected chi connectivity index (χ2v) is 8.06. The van der Waals surface area contributed by atoms with Crippen LogP contribution in [0.5, 0.6) is 0 Å². The Balaban J connectivity index is 2.45. The maximum absolute atomic E-state index is 13.9. The van der Waals surface area contributed by atoms with E-state index in [1.54, 1.807) is 18.8 Å². The van der Waals surface area contributed by atoms with E-state index in [1.807, 2.05) is 0 Å². The second kappa shape index (κ2) is 6.01. The molecule has 1 aromatic carbocycles. The molecule has 1 unspecified atom stereocenters. The van der Waals surface area contributed by atoms with Crippen molar-refractivity contribution in [1.82, 2.24) is 4.31 Å². The minimum absolute atomic E-state index is 0.0195. The minimum atomic E-state index is -3.68. The van der Waals surface area contributed by atoms with Crippen molar-refractivity contribution in [1.29, 1.82) is 0 Å². The predicted molar refractivity (Wildman–Crippen MR) is 79.7 cm³/mol. The Bertz CT molecular complexity index is 599. The molecule has 1 saturated heterocycles. The van der Waals surface area contributed by atoms with Crippen LogP contribution in [0, 0.1) is 12.7 Å². The molecule has 2 rings (SSSR count). The molecule has 1 atom stereocenters. The Labute approximate surface area is 123 Å². The molecule has 0 bridgehead atoms. The van der Waals surface area contributed by atoms with Gasteiger partial charge in [-0.3, -0.25) is 0 Å². The molecular formula is C13H19FN2O2S2. The van der Waals surface area contributed by atoms with Crippen molar-refractivity contribution in [2.75, 3.05) is 18.6 Å². The molecule has 0 spiro atoms. The Morgan fingerprint density at radius 3 is 2.75 bits per heavy atom. The van der Waals surface area contributed by atoms with Crippen LogP contribution >= 0.6 is 11.8 Å². The number of rotatable bonds is 4. The first-order valence-corrected chi connectivity index (χ1v) is 9.02. The van der Waals surface area contributed by atoms with Gasteiger partial charge < -0.3 is 5.73 Å². The lowest BCUT2D eigenvalue weighted by atomic mass is 10.1. The zero-order valence-electron chi connectivity index (χ0n) is 11.6. The second-order valence-electron chi connectivity index (χ2n) is 4.94. The van der Waals surface area contributed by atoms with Crippen molar-refractivity contribution >= 4 is 21.8 Å². The summed E-state index contributed by atoms with van der Waals surface area (Å²) in [6.45, 7) is 1.60. The molecule has 1 aromatic rings. The van der Waals surface area contributed by atoms with Gasteiger partial charge in [0.05, 0.1) is 4.90 Å². The van der Waals surface area contributed by atoms with E-state index in [-0.39, 0.29) is 23.0 Å². The van der Waals surface area contributed by atoms with Gasteiger partial charge in [-0.2, -0.15) is 16.1 Å². The Morgan fingerprint density at radius 1 is 1.50 bits per heavy atom. The number of thioether (sulfide) groups is 1. The molecule has 0 amide bonds. The van der Waals surface area contributed by atoms with Crippen LogP contribution in [0.25, 0.3) is 0 Å². The summed E-state index contributed by atoms with van der Waals surface area (Å²) in [5, 5.41) is 0. The summed E-state index contributed by atoms with van der Waals surface area (Å²) in [6.07, 6.45) is 0.832. The highest BCUT2D eigenvalue weighted by atomic mass is 32.2. The third-order valence-corrected chi connectivity index (χ3v) is 6.85. The molecule has 112 valence electrons. The van der Waals surface area contributed by atoms with E-state index in [1.165, 1.54) is 23.4 Å². The van der Waals surface area contributed by atoms with Crippen molar-refractivity contribution < 1.29 is 12.8 Å². The molecule has 4 nitrogen and oxygen atoms in total. The summed E-state index contributed by atoms with van der Waals surface area (Å²) in [4.78, 5) is 0.0253. The van der Waals surface area contributed by atoms with Crippen LogP contribution in [0.4, 0.5) is 4.39 Å². The normalized spacial score (nSPS) is 19.8.